The summed E-state index contributed by atoms with van der Waals surface area (Å²) in [5.41, 5.74) is 1.47. The molecule has 1 fully saturated rings. The van der Waals surface area contributed by atoms with E-state index in [1.807, 2.05) is 4.90 Å². The maximum absolute atomic E-state index is 12.6. The summed E-state index contributed by atoms with van der Waals surface area (Å²) < 4.78 is 4.72. The molecule has 0 spiro atoms. The highest BCUT2D eigenvalue weighted by Gasteiger charge is 2.18. The van der Waals surface area contributed by atoms with Gasteiger partial charge in [0.25, 0.3) is 5.91 Å². The minimum Gasteiger partial charge on any atom is -0.465 e. The van der Waals surface area contributed by atoms with Crippen LogP contribution in [0.2, 0.25) is 5.02 Å². The first kappa shape index (κ1) is 18.2. The molecule has 0 atom stereocenters. The van der Waals surface area contributed by atoms with Gasteiger partial charge in [-0.25, -0.2) is 9.78 Å². The molecule has 1 aromatic carbocycles. The number of halogens is 1. The van der Waals surface area contributed by atoms with E-state index in [1.165, 1.54) is 13.5 Å². The summed E-state index contributed by atoms with van der Waals surface area (Å²) in [5.74, 6) is 0.0352. The Hall–Kier alpha value is -2.60. The Bertz CT molecular complexity index is 819. The molecule has 1 aliphatic heterocycles. The van der Waals surface area contributed by atoms with E-state index >= 15 is 0 Å². The smallest absolute Gasteiger partial charge is 0.337 e. The molecule has 1 N–H and O–H groups in total. The van der Waals surface area contributed by atoms with Crippen molar-refractivity contribution in [3.8, 4) is 0 Å². The molecule has 1 aliphatic rings. The van der Waals surface area contributed by atoms with Gasteiger partial charge in [0.15, 0.2) is 0 Å². The van der Waals surface area contributed by atoms with Gasteiger partial charge in [-0.05, 0) is 49.6 Å². The zero-order valence-electron chi connectivity index (χ0n) is 14.5. The monoisotopic (exact) mass is 373 g/mol. The number of piperidine rings is 1. The van der Waals surface area contributed by atoms with Crippen LogP contribution in [0.5, 0.6) is 0 Å². The number of carbonyl (C=O) groups excluding carboxylic acids is 2. The topological polar surface area (TPSA) is 71.5 Å². The molecule has 1 saturated heterocycles. The lowest BCUT2D eigenvalue weighted by atomic mass is 10.1. The third kappa shape index (κ3) is 4.14. The summed E-state index contributed by atoms with van der Waals surface area (Å²) in [6.07, 6.45) is 4.83. The number of nitrogens with zero attached hydrogens (tertiary/aromatic N) is 2. The van der Waals surface area contributed by atoms with Gasteiger partial charge in [-0.2, -0.15) is 0 Å². The van der Waals surface area contributed by atoms with Crippen LogP contribution in [0.1, 0.15) is 40.0 Å². The molecule has 6 nitrogen and oxygen atoms in total. The van der Waals surface area contributed by atoms with E-state index in [0.717, 1.165) is 25.9 Å². The number of amides is 1. The van der Waals surface area contributed by atoms with Gasteiger partial charge in [0.2, 0.25) is 0 Å². The number of hydrogen-bond donors (Lipinski definition) is 1. The number of hydrogen-bond acceptors (Lipinski definition) is 5. The third-order valence-electron chi connectivity index (χ3n) is 4.30. The Balaban J connectivity index is 1.80. The highest BCUT2D eigenvalue weighted by Crippen LogP contribution is 2.26. The molecular weight excluding hydrogens is 354 g/mol. The minimum absolute atomic E-state index is 0.00422. The van der Waals surface area contributed by atoms with Gasteiger partial charge in [-0.3, -0.25) is 4.79 Å². The van der Waals surface area contributed by atoms with E-state index in [9.17, 15) is 9.59 Å². The average Bonchev–Trinajstić information content (AvgIpc) is 2.69. The molecule has 0 unspecified atom stereocenters. The summed E-state index contributed by atoms with van der Waals surface area (Å²) in [6.45, 7) is 1.58. The quantitative estimate of drug-likeness (QED) is 0.823. The first-order chi connectivity index (χ1) is 12.6. The number of benzene rings is 1. The highest BCUT2D eigenvalue weighted by molar-refractivity contribution is 6.33. The lowest BCUT2D eigenvalue weighted by molar-refractivity contribution is 0.0600. The van der Waals surface area contributed by atoms with Crippen molar-refractivity contribution >= 4 is 35.0 Å². The van der Waals surface area contributed by atoms with Crippen molar-refractivity contribution in [2.24, 2.45) is 0 Å². The number of carbonyl (C=O) groups is 2. The van der Waals surface area contributed by atoms with Gasteiger partial charge in [-0.1, -0.05) is 11.6 Å². The first-order valence-corrected chi connectivity index (χ1v) is 8.86. The standard InChI is InChI=1S/C19H20ClN3O3/c1-26-19(25)14-5-6-15(20)16(11-14)22-17-12-13(7-8-21-17)18(24)23-9-3-2-4-10-23/h5-8,11-12H,2-4,9-10H2,1H3,(H,21,22). The Morgan fingerprint density at radius 2 is 1.88 bits per heavy atom. The van der Waals surface area contributed by atoms with Crippen molar-refractivity contribution in [1.82, 2.24) is 9.88 Å². The van der Waals surface area contributed by atoms with E-state index in [4.69, 9.17) is 16.3 Å². The number of methoxy groups -OCH3 is 1. The lowest BCUT2D eigenvalue weighted by Crippen LogP contribution is -2.35. The van der Waals surface area contributed by atoms with Crippen LogP contribution in [0, 0.1) is 0 Å². The zero-order valence-corrected chi connectivity index (χ0v) is 15.3. The summed E-state index contributed by atoms with van der Waals surface area (Å²) in [6, 6.07) is 8.18. The normalized spacial score (nSPS) is 14.0. The molecule has 0 aliphatic carbocycles. The molecule has 0 bridgehead atoms. The van der Waals surface area contributed by atoms with Crippen molar-refractivity contribution < 1.29 is 14.3 Å². The predicted molar refractivity (Wildman–Crippen MR) is 100 cm³/mol. The van der Waals surface area contributed by atoms with Crippen LogP contribution >= 0.6 is 11.6 Å². The van der Waals surface area contributed by atoms with Crippen molar-refractivity contribution in [3.63, 3.8) is 0 Å². The maximum Gasteiger partial charge on any atom is 0.337 e. The second-order valence-corrected chi connectivity index (χ2v) is 6.50. The number of esters is 1. The Morgan fingerprint density at radius 1 is 1.12 bits per heavy atom. The van der Waals surface area contributed by atoms with Crippen molar-refractivity contribution in [3.05, 3.63) is 52.7 Å². The average molecular weight is 374 g/mol. The summed E-state index contributed by atoms with van der Waals surface area (Å²) in [4.78, 5) is 30.4. The molecule has 2 heterocycles. The number of anilines is 2. The lowest BCUT2D eigenvalue weighted by Gasteiger charge is -2.26. The Labute approximate surface area is 157 Å². The summed E-state index contributed by atoms with van der Waals surface area (Å²) >= 11 is 6.20. The van der Waals surface area contributed by atoms with Crippen molar-refractivity contribution in [2.75, 3.05) is 25.5 Å². The fourth-order valence-electron chi connectivity index (χ4n) is 2.92. The minimum atomic E-state index is -0.452. The number of pyridine rings is 1. The van der Waals surface area contributed by atoms with Crippen LogP contribution in [-0.4, -0.2) is 42.0 Å². The number of ether oxygens (including phenoxy) is 1. The molecular formula is C19H20ClN3O3. The van der Waals surface area contributed by atoms with Crippen LogP contribution in [0.15, 0.2) is 36.5 Å². The fraction of sp³-hybridized carbons (Fsp3) is 0.316. The fourth-order valence-corrected chi connectivity index (χ4v) is 3.08. The molecule has 1 amide bonds. The molecule has 1 aromatic heterocycles. The van der Waals surface area contributed by atoms with E-state index in [-0.39, 0.29) is 5.91 Å². The van der Waals surface area contributed by atoms with Gasteiger partial charge in [0.1, 0.15) is 5.82 Å². The third-order valence-corrected chi connectivity index (χ3v) is 4.63. The molecule has 26 heavy (non-hydrogen) atoms. The van der Waals surface area contributed by atoms with Gasteiger partial charge >= 0.3 is 5.97 Å². The second-order valence-electron chi connectivity index (χ2n) is 6.09. The van der Waals surface area contributed by atoms with Gasteiger partial charge in [0, 0.05) is 24.8 Å². The molecule has 0 saturated carbocycles. The van der Waals surface area contributed by atoms with Crippen LogP contribution in [-0.2, 0) is 4.74 Å². The van der Waals surface area contributed by atoms with Crippen LogP contribution in [0.3, 0.4) is 0 Å². The van der Waals surface area contributed by atoms with Crippen molar-refractivity contribution in [2.45, 2.75) is 19.3 Å². The zero-order chi connectivity index (χ0) is 18.5. The largest absolute Gasteiger partial charge is 0.465 e. The van der Waals surface area contributed by atoms with Gasteiger partial charge in [-0.15, -0.1) is 0 Å². The van der Waals surface area contributed by atoms with Gasteiger partial charge < -0.3 is 15.0 Å². The molecule has 7 heteroatoms. The molecule has 136 valence electrons. The predicted octanol–water partition coefficient (Wildman–Crippen LogP) is 3.89. The van der Waals surface area contributed by atoms with Gasteiger partial charge in [0.05, 0.1) is 23.4 Å². The maximum atomic E-state index is 12.6. The summed E-state index contributed by atoms with van der Waals surface area (Å²) in [7, 11) is 1.32. The number of aromatic nitrogens is 1. The molecule has 2 aromatic rings. The van der Waals surface area contributed by atoms with Crippen molar-refractivity contribution in [1.29, 1.82) is 0 Å². The van der Waals surface area contributed by atoms with E-state index in [1.54, 1.807) is 36.5 Å². The number of rotatable bonds is 4. The first-order valence-electron chi connectivity index (χ1n) is 8.48. The number of likely N-dealkylation sites (tertiary alicyclic amines) is 1. The van der Waals surface area contributed by atoms with Crippen LogP contribution in [0.25, 0.3) is 0 Å². The van der Waals surface area contributed by atoms with Crippen LogP contribution < -0.4 is 5.32 Å². The van der Waals surface area contributed by atoms with E-state index < -0.39 is 5.97 Å². The van der Waals surface area contributed by atoms with Crippen LogP contribution in [0.4, 0.5) is 11.5 Å². The SMILES string of the molecule is COC(=O)c1ccc(Cl)c(Nc2cc(C(=O)N3CCCCC3)ccn2)c1. The second kappa shape index (κ2) is 8.19. The molecule has 3 rings (SSSR count). The Morgan fingerprint density at radius 3 is 2.62 bits per heavy atom. The molecule has 0 radical (unpaired) electrons. The Kier molecular flexibility index (Phi) is 5.73. The summed E-state index contributed by atoms with van der Waals surface area (Å²) in [5, 5.41) is 3.51. The highest BCUT2D eigenvalue weighted by atomic mass is 35.5. The van der Waals surface area contributed by atoms with E-state index in [2.05, 4.69) is 10.3 Å². The number of nitrogens with one attached hydrogen (secondary N) is 1. The van der Waals surface area contributed by atoms with E-state index in [0.29, 0.717) is 27.7 Å².